The highest BCUT2D eigenvalue weighted by Gasteiger charge is 2.17. The van der Waals surface area contributed by atoms with Crippen LogP contribution in [0.25, 0.3) is 0 Å². The van der Waals surface area contributed by atoms with Gasteiger partial charge in [0.15, 0.2) is 0 Å². The van der Waals surface area contributed by atoms with Gasteiger partial charge in [0.05, 0.1) is 6.10 Å². The summed E-state index contributed by atoms with van der Waals surface area (Å²) in [6, 6.07) is 10.1. The maximum absolute atomic E-state index is 11.4. The molecule has 1 N–H and O–H groups in total. The van der Waals surface area contributed by atoms with E-state index in [1.165, 1.54) is 0 Å². The van der Waals surface area contributed by atoms with Gasteiger partial charge in [0.25, 0.3) is 0 Å². The predicted octanol–water partition coefficient (Wildman–Crippen LogP) is 5.32. The van der Waals surface area contributed by atoms with Crippen LogP contribution in [0.2, 0.25) is 0 Å². The number of carbonyl (C=O) groups is 1. The molecule has 1 aliphatic carbocycles. The van der Waals surface area contributed by atoms with Crippen LogP contribution in [-0.4, -0.2) is 17.0 Å². The molecule has 2 rings (SSSR count). The SMILES string of the molecule is O=C1CCCC(/C=C/C(O)CC/C(=C\Cl)Sc2ccccc2)C1. The van der Waals surface area contributed by atoms with E-state index in [2.05, 4.69) is 0 Å². The van der Waals surface area contributed by atoms with E-state index in [0.717, 1.165) is 29.1 Å². The molecule has 0 amide bonds. The molecular formula is C19H23ClO2S. The van der Waals surface area contributed by atoms with E-state index in [4.69, 9.17) is 11.6 Å². The summed E-state index contributed by atoms with van der Waals surface area (Å²) in [6.07, 6.45) is 8.08. The Hall–Kier alpha value is -1.03. The molecule has 1 fully saturated rings. The molecule has 0 heterocycles. The number of benzene rings is 1. The van der Waals surface area contributed by atoms with Crippen molar-refractivity contribution in [3.05, 3.63) is 52.9 Å². The number of Topliss-reactive ketones (excluding diaryl/α,β-unsaturated/α-hetero) is 1. The van der Waals surface area contributed by atoms with Crippen LogP contribution in [0.1, 0.15) is 38.5 Å². The Bertz CT molecular complexity index is 554. The summed E-state index contributed by atoms with van der Waals surface area (Å²) in [7, 11) is 0. The molecule has 1 aromatic carbocycles. The third-order valence-corrected chi connectivity index (χ3v) is 5.41. The average molecular weight is 351 g/mol. The summed E-state index contributed by atoms with van der Waals surface area (Å²) in [5.74, 6) is 0.639. The molecule has 0 spiro atoms. The quantitative estimate of drug-likeness (QED) is 0.534. The number of hydrogen-bond acceptors (Lipinski definition) is 3. The summed E-state index contributed by atoms with van der Waals surface area (Å²) in [5, 5.41) is 10.1. The van der Waals surface area contributed by atoms with Gasteiger partial charge in [0.1, 0.15) is 5.78 Å². The van der Waals surface area contributed by atoms with Crippen LogP contribution in [0.15, 0.2) is 57.8 Å². The van der Waals surface area contributed by atoms with Crippen molar-refractivity contribution in [1.29, 1.82) is 0 Å². The largest absolute Gasteiger partial charge is 0.389 e. The molecule has 0 saturated heterocycles. The lowest BCUT2D eigenvalue weighted by atomic mass is 9.88. The van der Waals surface area contributed by atoms with Crippen molar-refractivity contribution in [3.63, 3.8) is 0 Å². The fraction of sp³-hybridized carbons (Fsp3) is 0.421. The highest BCUT2D eigenvalue weighted by molar-refractivity contribution is 8.03. The zero-order chi connectivity index (χ0) is 16.5. The number of aliphatic hydroxyl groups excluding tert-OH is 1. The lowest BCUT2D eigenvalue weighted by Crippen LogP contribution is -2.13. The summed E-state index contributed by atoms with van der Waals surface area (Å²) in [4.78, 5) is 13.6. The first kappa shape index (κ1) is 18.3. The summed E-state index contributed by atoms with van der Waals surface area (Å²) < 4.78 is 0. The first-order valence-electron chi connectivity index (χ1n) is 8.07. The lowest BCUT2D eigenvalue weighted by Gasteiger charge is -2.17. The molecule has 124 valence electrons. The van der Waals surface area contributed by atoms with E-state index in [1.54, 1.807) is 17.3 Å². The summed E-state index contributed by atoms with van der Waals surface area (Å²) >= 11 is 7.52. The van der Waals surface area contributed by atoms with E-state index >= 15 is 0 Å². The van der Waals surface area contributed by atoms with Gasteiger partial charge in [0, 0.05) is 28.2 Å². The summed E-state index contributed by atoms with van der Waals surface area (Å²) in [5.41, 5.74) is 1.59. The topological polar surface area (TPSA) is 37.3 Å². The second-order valence-electron chi connectivity index (χ2n) is 5.88. The smallest absolute Gasteiger partial charge is 0.133 e. The van der Waals surface area contributed by atoms with E-state index in [0.29, 0.717) is 31.0 Å². The molecule has 0 radical (unpaired) electrons. The number of hydrogen-bond donors (Lipinski definition) is 1. The van der Waals surface area contributed by atoms with Crippen molar-refractivity contribution < 1.29 is 9.90 Å². The van der Waals surface area contributed by atoms with Gasteiger partial charge in [-0.15, -0.1) is 0 Å². The molecule has 0 bridgehead atoms. The van der Waals surface area contributed by atoms with E-state index in [9.17, 15) is 9.90 Å². The molecule has 0 aliphatic heterocycles. The molecule has 1 aromatic rings. The van der Waals surface area contributed by atoms with Crippen LogP contribution < -0.4 is 0 Å². The second-order valence-corrected chi connectivity index (χ2v) is 7.29. The molecule has 4 heteroatoms. The number of thioether (sulfide) groups is 1. The number of allylic oxidation sites excluding steroid dienone is 2. The van der Waals surface area contributed by atoms with Crippen molar-refractivity contribution in [2.45, 2.75) is 49.5 Å². The van der Waals surface area contributed by atoms with Gasteiger partial charge in [0.2, 0.25) is 0 Å². The van der Waals surface area contributed by atoms with Gasteiger partial charge in [-0.2, -0.15) is 0 Å². The maximum atomic E-state index is 11.4. The second kappa shape index (κ2) is 9.96. The van der Waals surface area contributed by atoms with Crippen LogP contribution in [-0.2, 0) is 4.79 Å². The Labute approximate surface area is 147 Å². The fourth-order valence-corrected chi connectivity index (χ4v) is 3.76. The Morgan fingerprint density at radius 3 is 2.87 bits per heavy atom. The Balaban J connectivity index is 1.76. The van der Waals surface area contributed by atoms with Gasteiger partial charge in [-0.1, -0.05) is 53.7 Å². The molecule has 1 aliphatic rings. The average Bonchev–Trinajstić information content (AvgIpc) is 2.57. The number of rotatable bonds is 7. The zero-order valence-corrected chi connectivity index (χ0v) is 14.7. The fourth-order valence-electron chi connectivity index (χ4n) is 2.66. The number of halogens is 1. The monoisotopic (exact) mass is 350 g/mol. The number of aliphatic hydroxyl groups is 1. The molecule has 0 aromatic heterocycles. The van der Waals surface area contributed by atoms with E-state index in [-0.39, 0.29) is 0 Å². The van der Waals surface area contributed by atoms with Crippen molar-refractivity contribution in [1.82, 2.24) is 0 Å². The molecule has 2 nitrogen and oxygen atoms in total. The Morgan fingerprint density at radius 2 is 2.17 bits per heavy atom. The standard InChI is InChI=1S/C19H23ClO2S/c20-14-19(23-18-7-2-1-3-8-18)12-11-16(21)10-9-15-5-4-6-17(22)13-15/h1-3,7-10,14-16,21H,4-6,11-13H2/b10-9+,19-14+. The van der Waals surface area contributed by atoms with Crippen LogP contribution >= 0.6 is 23.4 Å². The molecular weight excluding hydrogens is 328 g/mol. The Morgan fingerprint density at radius 1 is 1.39 bits per heavy atom. The Kier molecular flexibility index (Phi) is 7.93. The minimum absolute atomic E-state index is 0.299. The van der Waals surface area contributed by atoms with Gasteiger partial charge in [-0.05, 0) is 43.7 Å². The molecule has 1 saturated carbocycles. The lowest BCUT2D eigenvalue weighted by molar-refractivity contribution is -0.121. The molecule has 2 atom stereocenters. The van der Waals surface area contributed by atoms with Gasteiger partial charge >= 0.3 is 0 Å². The predicted molar refractivity (Wildman–Crippen MR) is 97.6 cm³/mol. The first-order chi connectivity index (χ1) is 11.2. The van der Waals surface area contributed by atoms with E-state index < -0.39 is 6.10 Å². The van der Waals surface area contributed by atoms with Gasteiger partial charge in [-0.3, -0.25) is 4.79 Å². The van der Waals surface area contributed by atoms with E-state index in [1.807, 2.05) is 42.5 Å². The van der Waals surface area contributed by atoms with Gasteiger partial charge in [-0.25, -0.2) is 0 Å². The van der Waals surface area contributed by atoms with Crippen molar-refractivity contribution in [2.24, 2.45) is 5.92 Å². The number of carbonyl (C=O) groups excluding carboxylic acids is 1. The highest BCUT2D eigenvalue weighted by Crippen LogP contribution is 2.30. The minimum Gasteiger partial charge on any atom is -0.389 e. The third-order valence-electron chi connectivity index (χ3n) is 3.93. The minimum atomic E-state index is -0.491. The van der Waals surface area contributed by atoms with Crippen LogP contribution in [0, 0.1) is 5.92 Å². The first-order valence-corrected chi connectivity index (χ1v) is 9.33. The normalized spacial score (nSPS) is 20.9. The number of ketones is 1. The van der Waals surface area contributed by atoms with Crippen molar-refractivity contribution in [3.8, 4) is 0 Å². The zero-order valence-electron chi connectivity index (χ0n) is 13.2. The maximum Gasteiger partial charge on any atom is 0.133 e. The van der Waals surface area contributed by atoms with Crippen molar-refractivity contribution >= 4 is 29.1 Å². The van der Waals surface area contributed by atoms with Crippen LogP contribution in [0.4, 0.5) is 0 Å². The highest BCUT2D eigenvalue weighted by atomic mass is 35.5. The third kappa shape index (κ3) is 6.94. The summed E-state index contributed by atoms with van der Waals surface area (Å²) in [6.45, 7) is 0. The van der Waals surface area contributed by atoms with Crippen LogP contribution in [0.5, 0.6) is 0 Å². The van der Waals surface area contributed by atoms with Crippen LogP contribution in [0.3, 0.4) is 0 Å². The van der Waals surface area contributed by atoms with Crippen molar-refractivity contribution in [2.75, 3.05) is 0 Å². The molecule has 23 heavy (non-hydrogen) atoms. The molecule has 2 unspecified atom stereocenters. The van der Waals surface area contributed by atoms with Gasteiger partial charge < -0.3 is 5.11 Å².